The molecule has 0 aliphatic carbocycles. The van der Waals surface area contributed by atoms with Gasteiger partial charge < -0.3 is 13.9 Å². The fourth-order valence-electron chi connectivity index (χ4n) is 2.87. The summed E-state index contributed by atoms with van der Waals surface area (Å²) < 4.78 is 31.0. The van der Waals surface area contributed by atoms with Crippen LogP contribution in [0.15, 0.2) is 40.8 Å². The van der Waals surface area contributed by atoms with Gasteiger partial charge in [-0.2, -0.15) is 0 Å². The normalized spacial score (nSPS) is 11.1. The van der Waals surface area contributed by atoms with Gasteiger partial charge in [-0.3, -0.25) is 4.90 Å². The van der Waals surface area contributed by atoms with Gasteiger partial charge in [0, 0.05) is 12.1 Å². The molecule has 148 valence electrons. The van der Waals surface area contributed by atoms with Gasteiger partial charge in [0.05, 0.1) is 20.9 Å². The van der Waals surface area contributed by atoms with Gasteiger partial charge in [0.1, 0.15) is 5.82 Å². The second kappa shape index (κ2) is 8.53. The summed E-state index contributed by atoms with van der Waals surface area (Å²) in [4.78, 5) is 2.32. The van der Waals surface area contributed by atoms with Gasteiger partial charge in [-0.05, 0) is 73.7 Å². The number of benzene rings is 2. The quantitative estimate of drug-likeness (QED) is 0.544. The van der Waals surface area contributed by atoms with Crippen LogP contribution in [0.25, 0.3) is 11.5 Å². The number of halogens is 1. The maximum atomic E-state index is 13.1. The zero-order chi connectivity index (χ0) is 20.3. The summed E-state index contributed by atoms with van der Waals surface area (Å²) in [6.07, 6.45) is 0. The van der Waals surface area contributed by atoms with E-state index < -0.39 is 0 Å². The Morgan fingerprint density at radius 3 is 2.43 bits per heavy atom. The Morgan fingerprint density at radius 1 is 1.14 bits per heavy atom. The van der Waals surface area contributed by atoms with E-state index in [1.807, 2.05) is 26.1 Å². The molecule has 3 rings (SSSR count). The molecule has 1 heterocycles. The van der Waals surface area contributed by atoms with Gasteiger partial charge >= 0.3 is 0 Å². The molecular weight excluding hydrogens is 381 g/mol. The highest BCUT2D eigenvalue weighted by molar-refractivity contribution is 7.71. The predicted molar refractivity (Wildman–Crippen MR) is 106 cm³/mol. The van der Waals surface area contributed by atoms with E-state index in [1.165, 1.54) is 12.1 Å². The largest absolute Gasteiger partial charge is 0.493 e. The summed E-state index contributed by atoms with van der Waals surface area (Å²) in [7, 11) is 5.20. The molecule has 0 spiro atoms. The molecule has 0 bridgehead atoms. The average Bonchev–Trinajstić information content (AvgIpc) is 3.03. The molecular formula is C20H22FN3O3S. The van der Waals surface area contributed by atoms with Gasteiger partial charge in [-0.1, -0.05) is 0 Å². The molecule has 0 saturated heterocycles. The SMILES string of the molecule is COc1cc(C)c(CN(C)Cn2nc(-c3ccc(F)cc3)oc2=S)cc1OC. The summed E-state index contributed by atoms with van der Waals surface area (Å²) in [5, 5.41) is 4.41. The molecule has 1 aromatic heterocycles. The topological polar surface area (TPSA) is 52.7 Å². The molecule has 0 atom stereocenters. The van der Waals surface area contributed by atoms with Crippen LogP contribution < -0.4 is 9.47 Å². The minimum absolute atomic E-state index is 0.259. The van der Waals surface area contributed by atoms with Gasteiger partial charge in [0.25, 0.3) is 4.84 Å². The first kappa shape index (κ1) is 20.0. The van der Waals surface area contributed by atoms with Gasteiger partial charge in [0.15, 0.2) is 11.5 Å². The van der Waals surface area contributed by atoms with Crippen LogP contribution in [-0.4, -0.2) is 35.9 Å². The summed E-state index contributed by atoms with van der Waals surface area (Å²) >= 11 is 5.28. The van der Waals surface area contributed by atoms with Crippen molar-refractivity contribution in [1.82, 2.24) is 14.7 Å². The standard InChI is InChI=1S/C20H22FN3O3S/c1-13-9-17(25-3)18(26-4)10-15(13)11-23(2)12-24-20(28)27-19(22-24)14-5-7-16(21)8-6-14/h5-10H,11-12H2,1-4H3. The number of hydrogen-bond donors (Lipinski definition) is 0. The summed E-state index contributed by atoms with van der Waals surface area (Å²) in [5.74, 6) is 1.44. The van der Waals surface area contributed by atoms with Gasteiger partial charge in [-0.25, -0.2) is 9.07 Å². The van der Waals surface area contributed by atoms with Crippen LogP contribution in [0.4, 0.5) is 4.39 Å². The van der Waals surface area contributed by atoms with E-state index in [0.29, 0.717) is 36.2 Å². The molecule has 0 aliphatic rings. The number of aryl methyl sites for hydroxylation is 1. The number of hydrogen-bond acceptors (Lipinski definition) is 6. The van der Waals surface area contributed by atoms with E-state index in [2.05, 4.69) is 10.00 Å². The number of methoxy groups -OCH3 is 2. The minimum Gasteiger partial charge on any atom is -0.493 e. The Labute approximate surface area is 168 Å². The number of ether oxygens (including phenoxy) is 2. The van der Waals surface area contributed by atoms with Crippen LogP contribution in [0.2, 0.25) is 0 Å². The monoisotopic (exact) mass is 403 g/mol. The molecule has 0 fully saturated rings. The smallest absolute Gasteiger partial charge is 0.288 e. The lowest BCUT2D eigenvalue weighted by Crippen LogP contribution is -2.23. The molecule has 0 aliphatic heterocycles. The van der Waals surface area contributed by atoms with Crippen LogP contribution in [0.5, 0.6) is 11.5 Å². The fraction of sp³-hybridized carbons (Fsp3) is 0.300. The zero-order valence-electron chi connectivity index (χ0n) is 16.2. The average molecular weight is 403 g/mol. The van der Waals surface area contributed by atoms with Gasteiger partial charge in [0.2, 0.25) is 5.89 Å². The maximum absolute atomic E-state index is 13.1. The van der Waals surface area contributed by atoms with Crippen molar-refractivity contribution < 1.29 is 18.3 Å². The van der Waals surface area contributed by atoms with Crippen molar-refractivity contribution in [2.75, 3.05) is 21.3 Å². The summed E-state index contributed by atoms with van der Waals surface area (Å²) in [5.41, 5.74) is 2.87. The number of aromatic nitrogens is 2. The van der Waals surface area contributed by atoms with Crippen molar-refractivity contribution >= 4 is 12.2 Å². The van der Waals surface area contributed by atoms with Crippen molar-refractivity contribution in [3.63, 3.8) is 0 Å². The second-order valence-corrected chi connectivity index (χ2v) is 6.82. The van der Waals surface area contributed by atoms with E-state index in [0.717, 1.165) is 11.1 Å². The Balaban J connectivity index is 1.76. The predicted octanol–water partition coefficient (Wildman–Crippen LogP) is 4.43. The first-order chi connectivity index (χ1) is 13.4. The van der Waals surface area contributed by atoms with Gasteiger partial charge in [-0.15, -0.1) is 5.10 Å². The van der Waals surface area contributed by atoms with E-state index in [9.17, 15) is 4.39 Å². The van der Waals surface area contributed by atoms with Crippen LogP contribution in [0.3, 0.4) is 0 Å². The fourth-order valence-corrected chi connectivity index (χ4v) is 3.04. The lowest BCUT2D eigenvalue weighted by atomic mass is 10.1. The summed E-state index contributed by atoms with van der Waals surface area (Å²) in [6.45, 7) is 3.13. The Kier molecular flexibility index (Phi) is 6.11. The first-order valence-corrected chi connectivity index (χ1v) is 9.06. The Hall–Kier alpha value is -2.71. The molecule has 8 heteroatoms. The second-order valence-electron chi connectivity index (χ2n) is 6.47. The molecule has 28 heavy (non-hydrogen) atoms. The first-order valence-electron chi connectivity index (χ1n) is 8.65. The van der Waals surface area contributed by atoms with E-state index in [4.69, 9.17) is 26.1 Å². The molecule has 6 nitrogen and oxygen atoms in total. The molecule has 0 amide bonds. The molecule has 0 unspecified atom stereocenters. The third-order valence-corrected chi connectivity index (χ3v) is 4.65. The van der Waals surface area contributed by atoms with E-state index in [-0.39, 0.29) is 10.7 Å². The highest BCUT2D eigenvalue weighted by Crippen LogP contribution is 2.30. The maximum Gasteiger partial charge on any atom is 0.288 e. The van der Waals surface area contributed by atoms with Crippen LogP contribution >= 0.6 is 12.2 Å². The third kappa shape index (κ3) is 4.40. The molecule has 3 aromatic rings. The van der Waals surface area contributed by atoms with E-state index in [1.54, 1.807) is 31.0 Å². The highest BCUT2D eigenvalue weighted by atomic mass is 32.1. The minimum atomic E-state index is -0.313. The molecule has 0 radical (unpaired) electrons. The van der Waals surface area contributed by atoms with Crippen LogP contribution in [-0.2, 0) is 13.2 Å². The van der Waals surface area contributed by atoms with Crippen molar-refractivity contribution in [2.24, 2.45) is 0 Å². The zero-order valence-corrected chi connectivity index (χ0v) is 17.0. The Bertz CT molecular complexity index is 1010. The van der Waals surface area contributed by atoms with Crippen molar-refractivity contribution in [3.05, 3.63) is 58.2 Å². The van der Waals surface area contributed by atoms with Crippen LogP contribution in [0.1, 0.15) is 11.1 Å². The highest BCUT2D eigenvalue weighted by Gasteiger charge is 2.13. The van der Waals surface area contributed by atoms with Crippen molar-refractivity contribution in [2.45, 2.75) is 20.1 Å². The van der Waals surface area contributed by atoms with Crippen molar-refractivity contribution in [1.29, 1.82) is 0 Å². The lowest BCUT2D eigenvalue weighted by Gasteiger charge is -2.19. The number of rotatable bonds is 7. The molecule has 2 aromatic carbocycles. The van der Waals surface area contributed by atoms with Crippen LogP contribution in [0, 0.1) is 17.6 Å². The third-order valence-electron chi connectivity index (χ3n) is 4.36. The number of nitrogens with zero attached hydrogens (tertiary/aromatic N) is 3. The molecule has 0 N–H and O–H groups in total. The summed E-state index contributed by atoms with van der Waals surface area (Å²) in [6, 6.07) is 9.86. The Morgan fingerprint density at radius 2 is 1.79 bits per heavy atom. The molecule has 0 saturated carbocycles. The van der Waals surface area contributed by atoms with Crippen molar-refractivity contribution in [3.8, 4) is 23.0 Å². The lowest BCUT2D eigenvalue weighted by molar-refractivity contribution is 0.240. The van der Waals surface area contributed by atoms with E-state index >= 15 is 0 Å².